The van der Waals surface area contributed by atoms with E-state index in [4.69, 9.17) is 5.73 Å². The molecule has 0 fully saturated rings. The van der Waals surface area contributed by atoms with Crippen molar-refractivity contribution in [2.24, 2.45) is 0 Å². The van der Waals surface area contributed by atoms with Crippen LogP contribution in [0.15, 0.2) is 48.5 Å². The number of esters is 1. The van der Waals surface area contributed by atoms with E-state index in [9.17, 15) is 14.7 Å². The zero-order chi connectivity index (χ0) is 16.1. The summed E-state index contributed by atoms with van der Waals surface area (Å²) in [6.07, 6.45) is 2.86. The average molecular weight is 297 g/mol. The second-order valence-electron chi connectivity index (χ2n) is 4.55. The quantitative estimate of drug-likeness (QED) is 0.298. The molecule has 0 spiro atoms. The Bertz CT molecular complexity index is 750. The summed E-state index contributed by atoms with van der Waals surface area (Å²) >= 11 is 0. The third-order valence-electron chi connectivity index (χ3n) is 3.08. The number of phenolic OH excluding ortho intramolecular Hbond substituents is 1. The molecule has 0 unspecified atom stereocenters. The normalized spacial score (nSPS) is 10.6. The Kier molecular flexibility index (Phi) is 4.58. The number of phenols is 1. The second kappa shape index (κ2) is 6.58. The fourth-order valence-corrected chi connectivity index (χ4v) is 1.91. The monoisotopic (exact) mass is 297 g/mol. The van der Waals surface area contributed by atoms with Crippen molar-refractivity contribution < 1.29 is 19.4 Å². The van der Waals surface area contributed by atoms with Gasteiger partial charge in [0.15, 0.2) is 5.78 Å². The molecular formula is C17H15NO4. The van der Waals surface area contributed by atoms with E-state index in [0.29, 0.717) is 5.56 Å². The number of ether oxygens (including phenoxy) is 1. The van der Waals surface area contributed by atoms with E-state index in [1.807, 2.05) is 0 Å². The van der Waals surface area contributed by atoms with Crippen molar-refractivity contribution in [3.05, 3.63) is 65.2 Å². The van der Waals surface area contributed by atoms with E-state index in [1.54, 1.807) is 30.3 Å². The van der Waals surface area contributed by atoms with Crippen LogP contribution in [0.5, 0.6) is 5.75 Å². The van der Waals surface area contributed by atoms with E-state index in [1.165, 1.54) is 31.4 Å². The Morgan fingerprint density at radius 1 is 1.14 bits per heavy atom. The SMILES string of the molecule is COC(=O)c1ccccc1C(=O)/C=C/c1ccc(N)c(O)c1. The summed E-state index contributed by atoms with van der Waals surface area (Å²) in [5.74, 6) is -0.954. The molecule has 0 radical (unpaired) electrons. The lowest BCUT2D eigenvalue weighted by Gasteiger charge is -2.04. The largest absolute Gasteiger partial charge is 0.506 e. The summed E-state index contributed by atoms with van der Waals surface area (Å²) in [7, 11) is 1.26. The van der Waals surface area contributed by atoms with Crippen molar-refractivity contribution in [2.45, 2.75) is 0 Å². The summed E-state index contributed by atoms with van der Waals surface area (Å²) in [5, 5.41) is 9.53. The van der Waals surface area contributed by atoms with Gasteiger partial charge in [-0.05, 0) is 29.8 Å². The van der Waals surface area contributed by atoms with Crippen LogP contribution in [-0.4, -0.2) is 24.0 Å². The highest BCUT2D eigenvalue weighted by Gasteiger charge is 2.14. The van der Waals surface area contributed by atoms with Gasteiger partial charge in [-0.2, -0.15) is 0 Å². The highest BCUT2D eigenvalue weighted by Crippen LogP contribution is 2.21. The number of benzene rings is 2. The Morgan fingerprint density at radius 3 is 2.45 bits per heavy atom. The molecule has 0 atom stereocenters. The molecule has 0 saturated heterocycles. The van der Waals surface area contributed by atoms with E-state index in [-0.39, 0.29) is 28.3 Å². The molecule has 0 aliphatic carbocycles. The molecule has 22 heavy (non-hydrogen) atoms. The third kappa shape index (κ3) is 3.32. The molecule has 0 heterocycles. The molecule has 112 valence electrons. The number of carbonyl (C=O) groups excluding carboxylic acids is 2. The van der Waals surface area contributed by atoms with Crippen molar-refractivity contribution in [3.8, 4) is 5.75 Å². The van der Waals surface area contributed by atoms with Crippen LogP contribution >= 0.6 is 0 Å². The number of aromatic hydroxyl groups is 1. The van der Waals surface area contributed by atoms with E-state index < -0.39 is 5.97 Å². The molecule has 0 aliphatic heterocycles. The lowest BCUT2D eigenvalue weighted by Crippen LogP contribution is -2.08. The summed E-state index contributed by atoms with van der Waals surface area (Å²) in [6, 6.07) is 11.1. The average Bonchev–Trinajstić information content (AvgIpc) is 2.55. The van der Waals surface area contributed by atoms with Gasteiger partial charge in [0, 0.05) is 5.56 Å². The number of methoxy groups -OCH3 is 1. The van der Waals surface area contributed by atoms with Crippen LogP contribution in [0.2, 0.25) is 0 Å². The molecule has 0 aliphatic rings. The van der Waals surface area contributed by atoms with Crippen molar-refractivity contribution in [1.82, 2.24) is 0 Å². The van der Waals surface area contributed by atoms with Gasteiger partial charge < -0.3 is 15.6 Å². The smallest absolute Gasteiger partial charge is 0.338 e. The Balaban J connectivity index is 2.27. The fourth-order valence-electron chi connectivity index (χ4n) is 1.91. The lowest BCUT2D eigenvalue weighted by molar-refractivity contribution is 0.0597. The first kappa shape index (κ1) is 15.3. The zero-order valence-corrected chi connectivity index (χ0v) is 11.9. The molecule has 0 saturated carbocycles. The first-order valence-electron chi connectivity index (χ1n) is 6.51. The van der Waals surface area contributed by atoms with Crippen LogP contribution < -0.4 is 5.73 Å². The van der Waals surface area contributed by atoms with Crippen molar-refractivity contribution in [1.29, 1.82) is 0 Å². The van der Waals surface area contributed by atoms with E-state index in [2.05, 4.69) is 4.74 Å². The first-order valence-corrected chi connectivity index (χ1v) is 6.51. The molecule has 2 aromatic carbocycles. The van der Waals surface area contributed by atoms with Gasteiger partial charge in [0.1, 0.15) is 5.75 Å². The zero-order valence-electron chi connectivity index (χ0n) is 11.9. The second-order valence-corrected chi connectivity index (χ2v) is 4.55. The van der Waals surface area contributed by atoms with Crippen LogP contribution in [0.25, 0.3) is 6.08 Å². The highest BCUT2D eigenvalue weighted by molar-refractivity contribution is 6.12. The van der Waals surface area contributed by atoms with Gasteiger partial charge in [-0.3, -0.25) is 4.79 Å². The number of anilines is 1. The van der Waals surface area contributed by atoms with Crippen molar-refractivity contribution in [3.63, 3.8) is 0 Å². The molecule has 2 rings (SSSR count). The number of ketones is 1. The lowest BCUT2D eigenvalue weighted by atomic mass is 10.0. The fraction of sp³-hybridized carbons (Fsp3) is 0.0588. The third-order valence-corrected chi connectivity index (χ3v) is 3.08. The molecule has 0 bridgehead atoms. The summed E-state index contributed by atoms with van der Waals surface area (Å²) < 4.78 is 4.66. The van der Waals surface area contributed by atoms with Gasteiger partial charge in [0.2, 0.25) is 0 Å². The Labute approximate surface area is 127 Å². The molecule has 2 aromatic rings. The molecule has 5 heteroatoms. The number of carbonyl (C=O) groups is 2. The van der Waals surface area contributed by atoms with Gasteiger partial charge in [-0.15, -0.1) is 0 Å². The van der Waals surface area contributed by atoms with Crippen LogP contribution in [0, 0.1) is 0 Å². The standard InChI is InChI=1S/C17H15NO4/c1-22-17(21)13-5-3-2-4-12(13)15(19)9-7-11-6-8-14(18)16(20)10-11/h2-10,20H,18H2,1H3/b9-7+. The number of allylic oxidation sites excluding steroid dienone is 1. The Morgan fingerprint density at radius 2 is 1.82 bits per heavy atom. The number of nitrogen functional groups attached to an aromatic ring is 1. The number of nitrogens with two attached hydrogens (primary N) is 1. The summed E-state index contributed by atoms with van der Waals surface area (Å²) in [5.41, 5.74) is 6.86. The number of hydrogen-bond acceptors (Lipinski definition) is 5. The maximum absolute atomic E-state index is 12.2. The van der Waals surface area contributed by atoms with Gasteiger partial charge in [0.25, 0.3) is 0 Å². The highest BCUT2D eigenvalue weighted by atomic mass is 16.5. The minimum absolute atomic E-state index is 0.0513. The summed E-state index contributed by atoms with van der Waals surface area (Å²) in [6.45, 7) is 0. The predicted octanol–water partition coefficient (Wildman–Crippen LogP) is 2.66. The van der Waals surface area contributed by atoms with E-state index >= 15 is 0 Å². The minimum Gasteiger partial charge on any atom is -0.506 e. The van der Waals surface area contributed by atoms with Crippen molar-refractivity contribution >= 4 is 23.5 Å². The van der Waals surface area contributed by atoms with Crippen molar-refractivity contribution in [2.75, 3.05) is 12.8 Å². The molecule has 0 amide bonds. The van der Waals surface area contributed by atoms with Crippen LogP contribution in [0.4, 0.5) is 5.69 Å². The van der Waals surface area contributed by atoms with Crippen LogP contribution in [0.1, 0.15) is 26.3 Å². The summed E-state index contributed by atoms with van der Waals surface area (Å²) in [4.78, 5) is 23.9. The van der Waals surface area contributed by atoms with Crippen LogP contribution in [0.3, 0.4) is 0 Å². The maximum atomic E-state index is 12.2. The Hall–Kier alpha value is -3.08. The van der Waals surface area contributed by atoms with Gasteiger partial charge in [-0.25, -0.2) is 4.79 Å². The first-order chi connectivity index (χ1) is 10.5. The predicted molar refractivity (Wildman–Crippen MR) is 83.7 cm³/mol. The van der Waals surface area contributed by atoms with Gasteiger partial charge >= 0.3 is 5.97 Å². The molecule has 3 N–H and O–H groups in total. The molecular weight excluding hydrogens is 282 g/mol. The van der Waals surface area contributed by atoms with Gasteiger partial charge in [0.05, 0.1) is 18.4 Å². The number of rotatable bonds is 4. The molecule has 0 aromatic heterocycles. The number of hydrogen-bond donors (Lipinski definition) is 2. The van der Waals surface area contributed by atoms with Crippen LogP contribution in [-0.2, 0) is 4.74 Å². The minimum atomic E-state index is -0.567. The maximum Gasteiger partial charge on any atom is 0.338 e. The van der Waals surface area contributed by atoms with E-state index in [0.717, 1.165) is 0 Å². The topological polar surface area (TPSA) is 89.6 Å². The molecule has 5 nitrogen and oxygen atoms in total. The van der Waals surface area contributed by atoms with Gasteiger partial charge in [-0.1, -0.05) is 30.3 Å².